The summed E-state index contributed by atoms with van der Waals surface area (Å²) in [6.07, 6.45) is 7.72. The van der Waals surface area contributed by atoms with Crippen LogP contribution in [0.5, 0.6) is 5.75 Å². The Kier molecular flexibility index (Phi) is 10.3. The Morgan fingerprint density at radius 3 is 2.52 bits per heavy atom. The van der Waals surface area contributed by atoms with E-state index < -0.39 is 21.2 Å². The van der Waals surface area contributed by atoms with Crippen molar-refractivity contribution in [1.29, 1.82) is 0 Å². The van der Waals surface area contributed by atoms with Crippen LogP contribution in [-0.4, -0.2) is 96.0 Å². The maximum absolute atomic E-state index is 13.6. The molecular formula is C40H54ClN3O7S. The average molecular weight is 756 g/mol. The molecule has 284 valence electrons. The van der Waals surface area contributed by atoms with Gasteiger partial charge < -0.3 is 23.8 Å². The normalized spacial score (nSPS) is 35.6. The van der Waals surface area contributed by atoms with Crippen LogP contribution in [0.2, 0.25) is 5.02 Å². The summed E-state index contributed by atoms with van der Waals surface area (Å²) in [5.74, 6) is 1.00. The summed E-state index contributed by atoms with van der Waals surface area (Å²) in [5.41, 5.74) is 3.47. The highest BCUT2D eigenvalue weighted by molar-refractivity contribution is 7.90. The van der Waals surface area contributed by atoms with Crippen LogP contribution in [0, 0.1) is 23.7 Å². The van der Waals surface area contributed by atoms with Crippen LogP contribution in [0.3, 0.4) is 0 Å². The lowest BCUT2D eigenvalue weighted by Gasteiger charge is -2.50. The van der Waals surface area contributed by atoms with Gasteiger partial charge in [0, 0.05) is 55.2 Å². The average Bonchev–Trinajstić information content (AvgIpc) is 3.25. The molecule has 3 fully saturated rings. The van der Waals surface area contributed by atoms with Crippen LogP contribution in [0.25, 0.3) is 0 Å². The second kappa shape index (κ2) is 14.7. The fourth-order valence-electron chi connectivity index (χ4n) is 9.86. The molecule has 8 rings (SSSR count). The molecular weight excluding hydrogens is 702 g/mol. The van der Waals surface area contributed by atoms with Crippen LogP contribution >= 0.6 is 11.6 Å². The van der Waals surface area contributed by atoms with Crippen molar-refractivity contribution >= 4 is 33.2 Å². The summed E-state index contributed by atoms with van der Waals surface area (Å²) in [6, 6.07) is 11.9. The monoisotopic (exact) mass is 755 g/mol. The van der Waals surface area contributed by atoms with Crippen molar-refractivity contribution < 1.29 is 32.2 Å². The van der Waals surface area contributed by atoms with E-state index in [1.807, 2.05) is 25.1 Å². The number of ether oxygens (including phenoxy) is 4. The molecule has 6 aliphatic rings. The van der Waals surface area contributed by atoms with Crippen molar-refractivity contribution in [1.82, 2.24) is 9.62 Å². The number of benzene rings is 2. The SMILES string of the molecule is COC1CN([C@H]2CO[C@@H]([C@@H]3CCC[C@H](C)[C@@H](C)S(=O)(=O)NC(=O)c4ccc5c(c4)N(C[C@@H]4CC[C@H]43)C[C@@]3(CCCc4cc(Cl)ccc43)CO5)OC2)C1. The number of rotatable bonds is 3. The zero-order valence-electron chi connectivity index (χ0n) is 30.7. The Labute approximate surface area is 313 Å². The molecule has 52 heavy (non-hydrogen) atoms. The van der Waals surface area contributed by atoms with Gasteiger partial charge in [-0.15, -0.1) is 0 Å². The molecule has 1 spiro atoms. The molecule has 2 bridgehead atoms. The van der Waals surface area contributed by atoms with Gasteiger partial charge in [-0.05, 0) is 111 Å². The van der Waals surface area contributed by atoms with Crippen LogP contribution in [0.1, 0.15) is 80.3 Å². The van der Waals surface area contributed by atoms with E-state index in [0.717, 1.165) is 94.0 Å². The molecule has 1 amide bonds. The topological polar surface area (TPSA) is 107 Å². The number of nitrogens with one attached hydrogen (secondary N) is 1. The number of amides is 1. The third kappa shape index (κ3) is 6.99. The summed E-state index contributed by atoms with van der Waals surface area (Å²) >= 11 is 6.49. The van der Waals surface area contributed by atoms with Crippen LogP contribution < -0.4 is 14.4 Å². The molecule has 6 atom stereocenters. The quantitative estimate of drug-likeness (QED) is 0.417. The fourth-order valence-corrected chi connectivity index (χ4v) is 11.4. The Bertz CT molecular complexity index is 1750. The van der Waals surface area contributed by atoms with Gasteiger partial charge in [-0.3, -0.25) is 9.69 Å². The Balaban J connectivity index is 1.12. The maximum atomic E-state index is 13.6. The molecule has 0 aromatic heterocycles. The zero-order valence-corrected chi connectivity index (χ0v) is 32.3. The highest BCUT2D eigenvalue weighted by Gasteiger charge is 2.47. The molecule has 2 saturated heterocycles. The number of methoxy groups -OCH3 is 1. The number of likely N-dealkylation sites (tertiary alicyclic amines) is 1. The second-order valence-corrected chi connectivity index (χ2v) is 19.0. The first kappa shape index (κ1) is 36.6. The van der Waals surface area contributed by atoms with E-state index in [-0.39, 0.29) is 35.7 Å². The number of nitrogens with zero attached hydrogens (tertiary/aromatic N) is 2. The van der Waals surface area contributed by atoms with Gasteiger partial charge >= 0.3 is 0 Å². The van der Waals surface area contributed by atoms with Crippen molar-refractivity contribution in [3.8, 4) is 5.75 Å². The Morgan fingerprint density at radius 2 is 1.77 bits per heavy atom. The molecule has 2 aromatic rings. The van der Waals surface area contributed by atoms with E-state index in [0.29, 0.717) is 37.2 Å². The minimum atomic E-state index is -3.91. The molecule has 4 aliphatic heterocycles. The van der Waals surface area contributed by atoms with Gasteiger partial charge in [0.25, 0.3) is 5.91 Å². The number of aryl methyl sites for hydroxylation is 1. The number of hydrogen-bond donors (Lipinski definition) is 1. The lowest BCUT2D eigenvalue weighted by atomic mass is 9.64. The third-order valence-electron chi connectivity index (χ3n) is 13.5. The number of halogens is 1. The largest absolute Gasteiger partial charge is 0.490 e. The van der Waals surface area contributed by atoms with E-state index in [4.69, 9.17) is 30.5 Å². The zero-order chi connectivity index (χ0) is 36.2. The van der Waals surface area contributed by atoms with E-state index in [2.05, 4.69) is 26.7 Å². The highest BCUT2D eigenvalue weighted by Crippen LogP contribution is 2.49. The number of anilines is 1. The standard InChI is InChI=1S/C40H54ClN3O7S/c1-25-6-4-8-34(39-49-21-31(22-50-39)43-19-32(20-43)48-3)33-12-9-29(33)18-44-23-40(15-5-7-27-16-30(41)11-13-35(27)40)24-51-37-14-10-28(17-36(37)44)38(45)42-52(46,47)26(25)2/h10-11,13-14,16-17,25-26,29,31-34,39H,4-9,12,15,18-24H2,1-3H3,(H,42,45)/t25-,26+,29-,31-,33+,34+,39+,40-/m0/s1. The van der Waals surface area contributed by atoms with Gasteiger partial charge in [0.1, 0.15) is 5.75 Å². The van der Waals surface area contributed by atoms with E-state index >= 15 is 0 Å². The summed E-state index contributed by atoms with van der Waals surface area (Å²) in [6.45, 7) is 8.85. The predicted molar refractivity (Wildman–Crippen MR) is 201 cm³/mol. The summed E-state index contributed by atoms with van der Waals surface area (Å²) in [7, 11) is -2.15. The van der Waals surface area contributed by atoms with Gasteiger partial charge in [0.05, 0.1) is 42.9 Å². The first-order valence-corrected chi connectivity index (χ1v) is 21.3. The minimum Gasteiger partial charge on any atom is -0.490 e. The number of sulfonamides is 1. The molecule has 2 aromatic carbocycles. The third-order valence-corrected chi connectivity index (χ3v) is 15.6. The number of hydrogen-bond acceptors (Lipinski definition) is 9. The van der Waals surface area contributed by atoms with Gasteiger partial charge in [0.15, 0.2) is 6.29 Å². The summed E-state index contributed by atoms with van der Waals surface area (Å²) < 4.78 is 54.9. The van der Waals surface area contributed by atoms with Gasteiger partial charge in [0.2, 0.25) is 10.0 Å². The van der Waals surface area contributed by atoms with Crippen molar-refractivity contribution in [2.24, 2.45) is 23.7 Å². The lowest BCUT2D eigenvalue weighted by molar-refractivity contribution is -0.251. The van der Waals surface area contributed by atoms with Gasteiger partial charge in [-0.1, -0.05) is 31.0 Å². The number of fused-ring (bicyclic) bond motifs is 4. The molecule has 1 N–H and O–H groups in total. The van der Waals surface area contributed by atoms with Crippen molar-refractivity contribution in [3.05, 3.63) is 58.1 Å². The van der Waals surface area contributed by atoms with Gasteiger partial charge in [-0.2, -0.15) is 0 Å². The van der Waals surface area contributed by atoms with E-state index in [1.54, 1.807) is 20.1 Å². The summed E-state index contributed by atoms with van der Waals surface area (Å²) in [4.78, 5) is 18.4. The molecule has 12 heteroatoms. The maximum Gasteiger partial charge on any atom is 0.264 e. The van der Waals surface area contributed by atoms with Crippen molar-refractivity contribution in [3.63, 3.8) is 0 Å². The van der Waals surface area contributed by atoms with Crippen LogP contribution in [-0.2, 0) is 36.1 Å². The lowest BCUT2D eigenvalue weighted by Crippen LogP contribution is -2.61. The molecule has 1 saturated carbocycles. The Hall–Kier alpha value is -2.41. The predicted octanol–water partition coefficient (Wildman–Crippen LogP) is 5.80. The van der Waals surface area contributed by atoms with Gasteiger partial charge in [-0.25, -0.2) is 13.1 Å². The first-order chi connectivity index (χ1) is 25.0. The van der Waals surface area contributed by atoms with Crippen molar-refractivity contribution in [2.45, 2.75) is 94.3 Å². The van der Waals surface area contributed by atoms with Crippen molar-refractivity contribution in [2.75, 3.05) is 58.0 Å². The number of carbonyl (C=O) groups is 1. The highest BCUT2D eigenvalue weighted by atomic mass is 35.5. The fraction of sp³-hybridized carbons (Fsp3) is 0.675. The smallest absolute Gasteiger partial charge is 0.264 e. The second-order valence-electron chi connectivity index (χ2n) is 16.5. The van der Waals surface area contributed by atoms with Crippen LogP contribution in [0.4, 0.5) is 5.69 Å². The summed E-state index contributed by atoms with van der Waals surface area (Å²) in [5, 5.41) is 0.0221. The molecule has 2 aliphatic carbocycles. The number of carbonyl (C=O) groups excluding carboxylic acids is 1. The minimum absolute atomic E-state index is 0.130. The van der Waals surface area contributed by atoms with E-state index in [1.165, 1.54) is 11.1 Å². The molecule has 10 nitrogen and oxygen atoms in total. The van der Waals surface area contributed by atoms with E-state index in [9.17, 15) is 13.2 Å². The first-order valence-electron chi connectivity index (χ1n) is 19.4. The molecule has 4 heterocycles. The Morgan fingerprint density at radius 1 is 0.962 bits per heavy atom. The van der Waals surface area contributed by atoms with Crippen LogP contribution in [0.15, 0.2) is 36.4 Å². The molecule has 0 unspecified atom stereocenters. The molecule has 0 radical (unpaired) electrons.